The Morgan fingerprint density at radius 3 is 2.73 bits per heavy atom. The van der Waals surface area contributed by atoms with Crippen LogP contribution in [-0.4, -0.2) is 55.6 Å². The van der Waals surface area contributed by atoms with Crippen molar-refractivity contribution in [1.82, 2.24) is 20.5 Å². The molecule has 1 aromatic carbocycles. The molecule has 2 aromatic rings. The number of likely N-dealkylation sites (tertiary alicyclic amines) is 1. The van der Waals surface area contributed by atoms with Crippen molar-refractivity contribution in [2.24, 2.45) is 10.9 Å². The number of nitrogens with one attached hydrogen (secondary N) is 3. The molecule has 142 valence electrons. The fraction of sp³-hybridized carbons (Fsp3) is 0.571. The monoisotopic (exact) mass is 355 g/mol. The average molecular weight is 356 g/mol. The van der Waals surface area contributed by atoms with Gasteiger partial charge in [0.25, 0.3) is 0 Å². The molecule has 5 nitrogen and oxygen atoms in total. The molecular weight excluding hydrogens is 322 g/mol. The summed E-state index contributed by atoms with van der Waals surface area (Å²) < 4.78 is 0. The summed E-state index contributed by atoms with van der Waals surface area (Å²) in [6.07, 6.45) is 7.01. The van der Waals surface area contributed by atoms with Gasteiger partial charge in [-0.3, -0.25) is 4.99 Å². The van der Waals surface area contributed by atoms with E-state index in [1.165, 1.54) is 55.4 Å². The maximum atomic E-state index is 4.36. The van der Waals surface area contributed by atoms with Crippen LogP contribution in [0.4, 0.5) is 0 Å². The van der Waals surface area contributed by atoms with E-state index in [0.717, 1.165) is 31.4 Å². The van der Waals surface area contributed by atoms with Crippen molar-refractivity contribution in [3.05, 3.63) is 36.0 Å². The van der Waals surface area contributed by atoms with Crippen molar-refractivity contribution in [3.63, 3.8) is 0 Å². The highest BCUT2D eigenvalue weighted by Gasteiger charge is 2.17. The van der Waals surface area contributed by atoms with E-state index in [0.29, 0.717) is 0 Å². The van der Waals surface area contributed by atoms with E-state index in [1.54, 1.807) is 0 Å². The third-order valence-corrected chi connectivity index (χ3v) is 5.58. The summed E-state index contributed by atoms with van der Waals surface area (Å²) in [5.41, 5.74) is 2.56. The quantitative estimate of drug-likeness (QED) is 0.529. The maximum Gasteiger partial charge on any atom is 0.190 e. The van der Waals surface area contributed by atoms with Crippen LogP contribution < -0.4 is 10.6 Å². The van der Waals surface area contributed by atoms with Gasteiger partial charge in [0, 0.05) is 37.2 Å². The fourth-order valence-corrected chi connectivity index (χ4v) is 3.86. The number of H-pyrrole nitrogens is 1. The predicted molar refractivity (Wildman–Crippen MR) is 111 cm³/mol. The summed E-state index contributed by atoms with van der Waals surface area (Å²) in [7, 11) is 1.85. The average Bonchev–Trinajstić information content (AvgIpc) is 3.10. The second-order valence-corrected chi connectivity index (χ2v) is 7.20. The predicted octanol–water partition coefficient (Wildman–Crippen LogP) is 3.00. The van der Waals surface area contributed by atoms with Crippen LogP contribution in [0, 0.1) is 5.92 Å². The molecule has 2 heterocycles. The van der Waals surface area contributed by atoms with E-state index in [-0.39, 0.29) is 0 Å². The van der Waals surface area contributed by atoms with Crippen LogP contribution in [0.2, 0.25) is 0 Å². The van der Waals surface area contributed by atoms with E-state index in [4.69, 9.17) is 0 Å². The number of aromatic amines is 1. The van der Waals surface area contributed by atoms with E-state index < -0.39 is 0 Å². The number of fused-ring (bicyclic) bond motifs is 1. The molecule has 3 rings (SSSR count). The second-order valence-electron chi connectivity index (χ2n) is 7.20. The van der Waals surface area contributed by atoms with Crippen molar-refractivity contribution in [2.45, 2.75) is 32.6 Å². The van der Waals surface area contributed by atoms with Crippen LogP contribution in [-0.2, 0) is 6.42 Å². The van der Waals surface area contributed by atoms with Gasteiger partial charge in [0.2, 0.25) is 0 Å². The number of aliphatic imine (C=N–C) groups is 1. The Kier molecular flexibility index (Phi) is 6.95. The summed E-state index contributed by atoms with van der Waals surface area (Å²) in [6.45, 7) is 7.86. The van der Waals surface area contributed by atoms with Gasteiger partial charge in [0.1, 0.15) is 0 Å². The molecule has 0 radical (unpaired) electrons. The van der Waals surface area contributed by atoms with Crippen molar-refractivity contribution in [1.29, 1.82) is 0 Å². The van der Waals surface area contributed by atoms with Crippen molar-refractivity contribution in [2.75, 3.05) is 39.8 Å². The minimum Gasteiger partial charge on any atom is -0.361 e. The van der Waals surface area contributed by atoms with Gasteiger partial charge >= 0.3 is 0 Å². The normalized spacial score (nSPS) is 16.9. The Hall–Kier alpha value is -2.01. The topological polar surface area (TPSA) is 55.4 Å². The lowest BCUT2D eigenvalue weighted by Gasteiger charge is -2.31. The molecule has 1 aliphatic rings. The van der Waals surface area contributed by atoms with Crippen LogP contribution in [0.3, 0.4) is 0 Å². The van der Waals surface area contributed by atoms with Gasteiger partial charge in [-0.1, -0.05) is 25.1 Å². The van der Waals surface area contributed by atoms with Crippen LogP contribution in [0.1, 0.15) is 31.7 Å². The lowest BCUT2D eigenvalue weighted by molar-refractivity contribution is 0.187. The first-order valence-electron chi connectivity index (χ1n) is 10.0. The highest BCUT2D eigenvalue weighted by Crippen LogP contribution is 2.19. The Balaban J connectivity index is 1.36. The molecule has 26 heavy (non-hydrogen) atoms. The molecule has 5 heteroatoms. The first-order chi connectivity index (χ1) is 12.8. The smallest absolute Gasteiger partial charge is 0.190 e. The van der Waals surface area contributed by atoms with Crippen LogP contribution >= 0.6 is 0 Å². The van der Waals surface area contributed by atoms with E-state index in [9.17, 15) is 0 Å². The number of nitrogens with zero attached hydrogens (tertiary/aromatic N) is 2. The lowest BCUT2D eigenvalue weighted by Crippen LogP contribution is -2.40. The molecule has 1 aliphatic heterocycles. The number of para-hydroxylation sites is 1. The number of hydrogen-bond acceptors (Lipinski definition) is 2. The number of hydrogen-bond donors (Lipinski definition) is 3. The standard InChI is InChI=1S/C21H33N5/c1-3-26-14-10-17(11-15-26)8-12-23-21(22-2)24-13-9-18-16-25-20-7-5-4-6-19(18)20/h4-7,16-17,25H,3,8-15H2,1-2H3,(H2,22,23,24). The zero-order valence-corrected chi connectivity index (χ0v) is 16.2. The van der Waals surface area contributed by atoms with Gasteiger partial charge in [-0.05, 0) is 62.9 Å². The van der Waals surface area contributed by atoms with Gasteiger partial charge in [-0.15, -0.1) is 0 Å². The summed E-state index contributed by atoms with van der Waals surface area (Å²) in [5.74, 6) is 1.77. The molecule has 0 spiro atoms. The van der Waals surface area contributed by atoms with Crippen LogP contribution in [0.15, 0.2) is 35.5 Å². The largest absolute Gasteiger partial charge is 0.361 e. The lowest BCUT2D eigenvalue weighted by atomic mass is 9.93. The Morgan fingerprint density at radius 2 is 1.96 bits per heavy atom. The molecule has 0 atom stereocenters. The Labute approximate surface area is 157 Å². The number of aromatic nitrogens is 1. The van der Waals surface area contributed by atoms with Crippen molar-refractivity contribution < 1.29 is 0 Å². The van der Waals surface area contributed by atoms with Gasteiger partial charge < -0.3 is 20.5 Å². The summed E-state index contributed by atoms with van der Waals surface area (Å²) >= 11 is 0. The second kappa shape index (κ2) is 9.62. The third-order valence-electron chi connectivity index (χ3n) is 5.58. The number of piperidine rings is 1. The Morgan fingerprint density at radius 1 is 1.19 bits per heavy atom. The fourth-order valence-electron chi connectivity index (χ4n) is 3.86. The molecule has 1 fully saturated rings. The van der Waals surface area contributed by atoms with Crippen molar-refractivity contribution in [3.8, 4) is 0 Å². The molecule has 0 unspecified atom stereocenters. The summed E-state index contributed by atoms with van der Waals surface area (Å²) in [5, 5.41) is 8.24. The summed E-state index contributed by atoms with van der Waals surface area (Å²) in [4.78, 5) is 10.2. The number of benzene rings is 1. The van der Waals surface area contributed by atoms with E-state index in [1.807, 2.05) is 7.05 Å². The maximum absolute atomic E-state index is 4.36. The Bertz CT molecular complexity index is 697. The van der Waals surface area contributed by atoms with Crippen molar-refractivity contribution >= 4 is 16.9 Å². The zero-order chi connectivity index (χ0) is 18.2. The third kappa shape index (κ3) is 5.01. The van der Waals surface area contributed by atoms with E-state index in [2.05, 4.69) is 62.9 Å². The number of guanidine groups is 1. The molecule has 1 aromatic heterocycles. The molecule has 1 saturated heterocycles. The number of rotatable bonds is 7. The highest BCUT2D eigenvalue weighted by molar-refractivity contribution is 5.83. The SMILES string of the molecule is CCN1CCC(CCNC(=NC)NCCc2c[nH]c3ccccc23)CC1. The van der Waals surface area contributed by atoms with Crippen LogP contribution in [0.5, 0.6) is 0 Å². The molecule has 0 amide bonds. The minimum atomic E-state index is 0.856. The first-order valence-corrected chi connectivity index (χ1v) is 10.0. The molecule has 0 aliphatic carbocycles. The minimum absolute atomic E-state index is 0.856. The van der Waals surface area contributed by atoms with Gasteiger partial charge in [0.05, 0.1) is 0 Å². The van der Waals surface area contributed by atoms with Gasteiger partial charge in [-0.25, -0.2) is 0 Å². The highest BCUT2D eigenvalue weighted by atomic mass is 15.2. The van der Waals surface area contributed by atoms with Gasteiger partial charge in [0.15, 0.2) is 5.96 Å². The summed E-state index contributed by atoms with van der Waals surface area (Å²) in [6, 6.07) is 8.47. The van der Waals surface area contributed by atoms with E-state index >= 15 is 0 Å². The van der Waals surface area contributed by atoms with Gasteiger partial charge in [-0.2, -0.15) is 0 Å². The molecule has 0 saturated carbocycles. The first kappa shape index (κ1) is 18.8. The molecule has 0 bridgehead atoms. The zero-order valence-electron chi connectivity index (χ0n) is 16.2. The molecule has 3 N–H and O–H groups in total. The van der Waals surface area contributed by atoms with Crippen LogP contribution in [0.25, 0.3) is 10.9 Å². The molecular formula is C21H33N5.